The highest BCUT2D eigenvalue weighted by atomic mass is 15.2. The molecule has 104 valence electrons. The van der Waals surface area contributed by atoms with Crippen LogP contribution in [0.5, 0.6) is 0 Å². The van der Waals surface area contributed by atoms with Gasteiger partial charge in [0, 0.05) is 6.04 Å². The molecule has 2 atom stereocenters. The van der Waals surface area contributed by atoms with Gasteiger partial charge in [-0.2, -0.15) is 0 Å². The van der Waals surface area contributed by atoms with Gasteiger partial charge in [-0.1, -0.05) is 37.6 Å². The zero-order valence-electron chi connectivity index (χ0n) is 12.0. The second kappa shape index (κ2) is 5.64. The van der Waals surface area contributed by atoms with Crippen LogP contribution in [0.4, 0.5) is 0 Å². The molecule has 2 heteroatoms. The Bertz CT molecular complexity index is 425. The van der Waals surface area contributed by atoms with Crippen LogP contribution < -0.4 is 5.73 Å². The Morgan fingerprint density at radius 1 is 1.11 bits per heavy atom. The lowest BCUT2D eigenvalue weighted by Crippen LogP contribution is -2.40. The van der Waals surface area contributed by atoms with Gasteiger partial charge in [0.25, 0.3) is 0 Å². The van der Waals surface area contributed by atoms with Crippen molar-refractivity contribution < 1.29 is 0 Å². The van der Waals surface area contributed by atoms with Crippen molar-refractivity contribution in [2.45, 2.75) is 57.0 Å². The fourth-order valence-corrected chi connectivity index (χ4v) is 3.59. The third kappa shape index (κ3) is 2.70. The van der Waals surface area contributed by atoms with Gasteiger partial charge in [-0.25, -0.2) is 0 Å². The molecule has 2 nitrogen and oxygen atoms in total. The molecule has 0 bridgehead atoms. The summed E-state index contributed by atoms with van der Waals surface area (Å²) in [5.41, 5.74) is 9.61. The highest BCUT2D eigenvalue weighted by Gasteiger charge is 2.33. The first-order valence-electron chi connectivity index (χ1n) is 7.89. The van der Waals surface area contributed by atoms with Crippen molar-refractivity contribution >= 4 is 0 Å². The predicted octanol–water partition coefficient (Wildman–Crippen LogP) is 3.44. The van der Waals surface area contributed by atoms with Crippen molar-refractivity contribution in [2.75, 3.05) is 13.1 Å². The third-order valence-electron chi connectivity index (χ3n) is 4.77. The molecule has 1 aromatic carbocycles. The second-order valence-electron chi connectivity index (χ2n) is 6.14. The minimum Gasteiger partial charge on any atom is -0.326 e. The smallest absolute Gasteiger partial charge is 0.0501 e. The third-order valence-corrected chi connectivity index (χ3v) is 4.77. The van der Waals surface area contributed by atoms with E-state index in [1.165, 1.54) is 44.2 Å². The normalized spacial score (nSPS) is 29.2. The maximum atomic E-state index is 6.52. The molecule has 1 aliphatic heterocycles. The number of likely N-dealkylation sites (tertiary alicyclic amines) is 1. The van der Waals surface area contributed by atoms with E-state index >= 15 is 0 Å². The SMILES string of the molecule is CCN1CCCCC(N)C1c1ccccc1C1CC1. The molecule has 1 saturated heterocycles. The van der Waals surface area contributed by atoms with Gasteiger partial charge in [0.05, 0.1) is 6.04 Å². The van der Waals surface area contributed by atoms with Crippen LogP contribution in [-0.2, 0) is 0 Å². The van der Waals surface area contributed by atoms with Crippen molar-refractivity contribution in [1.29, 1.82) is 0 Å². The second-order valence-corrected chi connectivity index (χ2v) is 6.14. The maximum absolute atomic E-state index is 6.52. The number of likely N-dealkylation sites (N-methyl/N-ethyl adjacent to an activating group) is 1. The van der Waals surface area contributed by atoms with Crippen LogP contribution in [0.3, 0.4) is 0 Å². The Kier molecular flexibility index (Phi) is 3.90. The molecule has 0 aromatic heterocycles. The van der Waals surface area contributed by atoms with Gasteiger partial charge in [0.1, 0.15) is 0 Å². The quantitative estimate of drug-likeness (QED) is 0.900. The Balaban J connectivity index is 1.96. The summed E-state index contributed by atoms with van der Waals surface area (Å²) in [6.07, 6.45) is 6.47. The van der Waals surface area contributed by atoms with Crippen molar-refractivity contribution in [3.63, 3.8) is 0 Å². The molecule has 1 aliphatic carbocycles. The lowest BCUT2D eigenvalue weighted by atomic mass is 9.90. The van der Waals surface area contributed by atoms with E-state index in [0.29, 0.717) is 12.1 Å². The standard InChI is InChI=1S/C17H26N2/c1-2-19-12-6-5-9-16(18)17(19)15-8-4-3-7-14(15)13-10-11-13/h3-4,7-8,13,16-17H,2,5-6,9-12,18H2,1H3. The molecule has 1 aromatic rings. The molecule has 2 aliphatic rings. The number of nitrogens with zero attached hydrogens (tertiary/aromatic N) is 1. The average Bonchev–Trinajstić information content (AvgIpc) is 3.26. The molecule has 19 heavy (non-hydrogen) atoms. The van der Waals surface area contributed by atoms with E-state index in [9.17, 15) is 0 Å². The number of hydrogen-bond acceptors (Lipinski definition) is 2. The first-order valence-corrected chi connectivity index (χ1v) is 7.89. The maximum Gasteiger partial charge on any atom is 0.0501 e. The van der Waals surface area contributed by atoms with Gasteiger partial charge in [-0.15, -0.1) is 0 Å². The lowest BCUT2D eigenvalue weighted by Gasteiger charge is -2.34. The van der Waals surface area contributed by atoms with Gasteiger partial charge in [0.2, 0.25) is 0 Å². The fraction of sp³-hybridized carbons (Fsp3) is 0.647. The van der Waals surface area contributed by atoms with E-state index in [1.807, 2.05) is 0 Å². The van der Waals surface area contributed by atoms with E-state index in [4.69, 9.17) is 5.73 Å². The molecule has 0 spiro atoms. The highest BCUT2D eigenvalue weighted by Crippen LogP contribution is 2.44. The molecule has 0 amide bonds. The Hall–Kier alpha value is -0.860. The minimum absolute atomic E-state index is 0.294. The molecule has 3 rings (SSSR count). The van der Waals surface area contributed by atoms with Crippen molar-refractivity contribution in [1.82, 2.24) is 4.90 Å². The predicted molar refractivity (Wildman–Crippen MR) is 80.2 cm³/mol. The molecule has 2 fully saturated rings. The van der Waals surface area contributed by atoms with Crippen molar-refractivity contribution in [2.24, 2.45) is 5.73 Å². The summed E-state index contributed by atoms with van der Waals surface area (Å²) in [7, 11) is 0. The van der Waals surface area contributed by atoms with Crippen LogP contribution in [-0.4, -0.2) is 24.0 Å². The molecule has 1 saturated carbocycles. The van der Waals surface area contributed by atoms with Gasteiger partial charge < -0.3 is 5.73 Å². The summed E-state index contributed by atoms with van der Waals surface area (Å²) < 4.78 is 0. The summed E-state index contributed by atoms with van der Waals surface area (Å²) >= 11 is 0. The minimum atomic E-state index is 0.294. The first-order chi connectivity index (χ1) is 9.31. The van der Waals surface area contributed by atoms with E-state index < -0.39 is 0 Å². The summed E-state index contributed by atoms with van der Waals surface area (Å²) in [4.78, 5) is 2.60. The number of nitrogens with two attached hydrogens (primary N) is 1. The largest absolute Gasteiger partial charge is 0.326 e. The summed E-state index contributed by atoms with van der Waals surface area (Å²) in [6.45, 7) is 4.58. The molecule has 0 radical (unpaired) electrons. The summed E-state index contributed by atoms with van der Waals surface area (Å²) in [5, 5.41) is 0. The Morgan fingerprint density at radius 3 is 2.53 bits per heavy atom. The molecular weight excluding hydrogens is 232 g/mol. The molecule has 2 unspecified atom stereocenters. The first kappa shape index (κ1) is 13.1. The number of benzene rings is 1. The van der Waals surface area contributed by atoms with Gasteiger partial charge >= 0.3 is 0 Å². The van der Waals surface area contributed by atoms with Crippen LogP contribution in [0.15, 0.2) is 24.3 Å². The summed E-state index contributed by atoms with van der Waals surface area (Å²) in [6, 6.07) is 9.76. The zero-order valence-corrected chi connectivity index (χ0v) is 12.0. The molecule has 1 heterocycles. The average molecular weight is 258 g/mol. The van der Waals surface area contributed by atoms with Crippen molar-refractivity contribution in [3.8, 4) is 0 Å². The van der Waals surface area contributed by atoms with Crippen LogP contribution in [0, 0.1) is 0 Å². The van der Waals surface area contributed by atoms with Gasteiger partial charge in [-0.05, 0) is 55.8 Å². The Labute approximate surface area is 117 Å². The van der Waals surface area contributed by atoms with Crippen LogP contribution >= 0.6 is 0 Å². The summed E-state index contributed by atoms with van der Waals surface area (Å²) in [5.74, 6) is 0.811. The van der Waals surface area contributed by atoms with Crippen LogP contribution in [0.1, 0.15) is 62.1 Å². The highest BCUT2D eigenvalue weighted by molar-refractivity contribution is 5.36. The van der Waals surface area contributed by atoms with E-state index in [-0.39, 0.29) is 0 Å². The van der Waals surface area contributed by atoms with E-state index in [1.54, 1.807) is 5.56 Å². The number of hydrogen-bond donors (Lipinski definition) is 1. The van der Waals surface area contributed by atoms with E-state index in [2.05, 4.69) is 36.1 Å². The Morgan fingerprint density at radius 2 is 1.84 bits per heavy atom. The van der Waals surface area contributed by atoms with Crippen LogP contribution in [0.25, 0.3) is 0 Å². The van der Waals surface area contributed by atoms with Crippen molar-refractivity contribution in [3.05, 3.63) is 35.4 Å². The lowest BCUT2D eigenvalue weighted by molar-refractivity contribution is 0.194. The van der Waals surface area contributed by atoms with E-state index in [0.717, 1.165) is 12.5 Å². The molecule has 2 N–H and O–H groups in total. The fourth-order valence-electron chi connectivity index (χ4n) is 3.59. The van der Waals surface area contributed by atoms with Gasteiger partial charge in [-0.3, -0.25) is 4.90 Å². The molecular formula is C17H26N2. The van der Waals surface area contributed by atoms with Gasteiger partial charge in [0.15, 0.2) is 0 Å². The zero-order chi connectivity index (χ0) is 13.2. The van der Waals surface area contributed by atoms with Crippen LogP contribution in [0.2, 0.25) is 0 Å². The topological polar surface area (TPSA) is 29.3 Å². The monoisotopic (exact) mass is 258 g/mol. The number of rotatable bonds is 3.